The van der Waals surface area contributed by atoms with Gasteiger partial charge < -0.3 is 11.1 Å². The first kappa shape index (κ1) is 13.0. The molecule has 2 heteroatoms. The number of hydrogen-bond donors (Lipinski definition) is 2. The maximum atomic E-state index is 5.94. The van der Waals surface area contributed by atoms with Gasteiger partial charge in [0, 0.05) is 0 Å². The number of nitrogens with one attached hydrogen (secondary N) is 1. The first-order valence-corrected chi connectivity index (χ1v) is 6.72. The summed E-state index contributed by atoms with van der Waals surface area (Å²) in [7, 11) is 0. The second kappa shape index (κ2) is 7.24. The van der Waals surface area contributed by atoms with E-state index in [1.807, 2.05) is 0 Å². The van der Waals surface area contributed by atoms with Crippen LogP contribution in [0.5, 0.6) is 0 Å². The van der Waals surface area contributed by atoms with Crippen molar-refractivity contribution in [3.63, 3.8) is 0 Å². The van der Waals surface area contributed by atoms with Gasteiger partial charge in [-0.25, -0.2) is 0 Å². The van der Waals surface area contributed by atoms with Crippen LogP contribution in [-0.4, -0.2) is 19.6 Å². The Morgan fingerprint density at radius 2 is 1.80 bits per heavy atom. The molecule has 0 amide bonds. The van der Waals surface area contributed by atoms with Crippen molar-refractivity contribution in [2.45, 2.75) is 46.0 Å². The summed E-state index contributed by atoms with van der Waals surface area (Å²) in [6.07, 6.45) is 6.66. The van der Waals surface area contributed by atoms with Crippen molar-refractivity contribution in [2.24, 2.45) is 23.5 Å². The van der Waals surface area contributed by atoms with Gasteiger partial charge in [0.05, 0.1) is 0 Å². The molecule has 0 spiro atoms. The Kier molecular flexibility index (Phi) is 6.26. The highest BCUT2D eigenvalue weighted by Gasteiger charge is 2.24. The lowest BCUT2D eigenvalue weighted by Crippen LogP contribution is -2.35. The van der Waals surface area contributed by atoms with Crippen LogP contribution in [0.15, 0.2) is 0 Å². The molecule has 0 radical (unpaired) electrons. The van der Waals surface area contributed by atoms with Crippen LogP contribution in [0.25, 0.3) is 0 Å². The molecule has 0 aromatic heterocycles. The summed E-state index contributed by atoms with van der Waals surface area (Å²) in [5, 5.41) is 3.43. The summed E-state index contributed by atoms with van der Waals surface area (Å²) in [5.41, 5.74) is 5.94. The fourth-order valence-corrected chi connectivity index (χ4v) is 2.85. The monoisotopic (exact) mass is 212 g/mol. The Bertz CT molecular complexity index is 149. The van der Waals surface area contributed by atoms with Gasteiger partial charge in [0.25, 0.3) is 0 Å². The van der Waals surface area contributed by atoms with Crippen molar-refractivity contribution in [2.75, 3.05) is 19.6 Å². The lowest BCUT2D eigenvalue weighted by atomic mass is 9.78. The van der Waals surface area contributed by atoms with E-state index in [0.29, 0.717) is 0 Å². The van der Waals surface area contributed by atoms with Gasteiger partial charge in [-0.3, -0.25) is 0 Å². The third-order valence-electron chi connectivity index (χ3n) is 4.14. The zero-order valence-corrected chi connectivity index (χ0v) is 10.5. The minimum Gasteiger partial charge on any atom is -0.330 e. The molecule has 3 N–H and O–H groups in total. The second-order valence-corrected chi connectivity index (χ2v) is 5.00. The molecular weight excluding hydrogens is 184 g/mol. The normalized spacial score (nSPS) is 20.8. The smallest absolute Gasteiger partial charge is 0.00461 e. The van der Waals surface area contributed by atoms with Crippen LogP contribution in [0.3, 0.4) is 0 Å². The van der Waals surface area contributed by atoms with E-state index < -0.39 is 0 Å². The summed E-state index contributed by atoms with van der Waals surface area (Å²) in [5.74, 6) is 2.56. The van der Waals surface area contributed by atoms with Crippen molar-refractivity contribution >= 4 is 0 Å². The van der Waals surface area contributed by atoms with Gasteiger partial charge in [-0.05, 0) is 56.7 Å². The summed E-state index contributed by atoms with van der Waals surface area (Å²) in [4.78, 5) is 0. The third-order valence-corrected chi connectivity index (χ3v) is 4.14. The van der Waals surface area contributed by atoms with Gasteiger partial charge in [-0.2, -0.15) is 0 Å². The molecule has 2 nitrogen and oxygen atoms in total. The molecule has 1 saturated heterocycles. The van der Waals surface area contributed by atoms with E-state index in [1.54, 1.807) is 0 Å². The molecule has 1 aliphatic heterocycles. The first-order valence-electron chi connectivity index (χ1n) is 6.72. The Labute approximate surface area is 95.0 Å². The number of rotatable bonds is 6. The summed E-state index contributed by atoms with van der Waals surface area (Å²) < 4.78 is 0. The molecule has 1 fully saturated rings. The Morgan fingerprint density at radius 1 is 1.20 bits per heavy atom. The lowest BCUT2D eigenvalue weighted by molar-refractivity contribution is 0.218. The lowest BCUT2D eigenvalue weighted by Gasteiger charge is -2.32. The van der Waals surface area contributed by atoms with Gasteiger partial charge >= 0.3 is 0 Å². The SMILES string of the molecule is CCC(CC)CC(CN)C1CCNCC1. The molecule has 1 unspecified atom stereocenters. The van der Waals surface area contributed by atoms with E-state index >= 15 is 0 Å². The van der Waals surface area contributed by atoms with Crippen LogP contribution in [0.4, 0.5) is 0 Å². The van der Waals surface area contributed by atoms with Crippen molar-refractivity contribution in [1.82, 2.24) is 5.32 Å². The zero-order chi connectivity index (χ0) is 11.1. The Hall–Kier alpha value is -0.0800. The highest BCUT2D eigenvalue weighted by atomic mass is 14.9. The maximum Gasteiger partial charge on any atom is -0.00461 e. The molecule has 0 aromatic carbocycles. The molecule has 0 saturated carbocycles. The molecular formula is C13H28N2. The molecule has 15 heavy (non-hydrogen) atoms. The van der Waals surface area contributed by atoms with Gasteiger partial charge in [-0.15, -0.1) is 0 Å². The molecule has 0 bridgehead atoms. The van der Waals surface area contributed by atoms with E-state index in [4.69, 9.17) is 5.73 Å². The predicted molar refractivity (Wildman–Crippen MR) is 66.8 cm³/mol. The zero-order valence-electron chi connectivity index (χ0n) is 10.5. The molecule has 1 aliphatic rings. The van der Waals surface area contributed by atoms with Gasteiger partial charge in [0.15, 0.2) is 0 Å². The molecule has 1 rings (SSSR count). The minimum absolute atomic E-state index is 0.775. The second-order valence-electron chi connectivity index (χ2n) is 5.00. The van der Waals surface area contributed by atoms with Crippen molar-refractivity contribution in [1.29, 1.82) is 0 Å². The highest BCUT2D eigenvalue weighted by Crippen LogP contribution is 2.29. The van der Waals surface area contributed by atoms with E-state index in [0.717, 1.165) is 24.3 Å². The van der Waals surface area contributed by atoms with E-state index in [-0.39, 0.29) is 0 Å². The Balaban J connectivity index is 2.38. The van der Waals surface area contributed by atoms with Crippen LogP contribution in [0.2, 0.25) is 0 Å². The van der Waals surface area contributed by atoms with Crippen molar-refractivity contribution < 1.29 is 0 Å². The van der Waals surface area contributed by atoms with Crippen LogP contribution in [-0.2, 0) is 0 Å². The average Bonchev–Trinajstić information content (AvgIpc) is 2.32. The highest BCUT2D eigenvalue weighted by molar-refractivity contribution is 4.78. The number of piperidine rings is 1. The quantitative estimate of drug-likeness (QED) is 0.709. The van der Waals surface area contributed by atoms with Crippen LogP contribution >= 0.6 is 0 Å². The van der Waals surface area contributed by atoms with Gasteiger partial charge in [0.1, 0.15) is 0 Å². The molecule has 0 aliphatic carbocycles. The fraction of sp³-hybridized carbons (Fsp3) is 1.00. The van der Waals surface area contributed by atoms with E-state index in [9.17, 15) is 0 Å². The fourth-order valence-electron chi connectivity index (χ4n) is 2.85. The molecule has 1 heterocycles. The predicted octanol–water partition coefficient (Wildman–Crippen LogP) is 2.39. The molecule has 90 valence electrons. The number of hydrogen-bond acceptors (Lipinski definition) is 2. The first-order chi connectivity index (χ1) is 7.31. The maximum absolute atomic E-state index is 5.94. The molecule has 1 atom stereocenters. The van der Waals surface area contributed by atoms with Gasteiger partial charge in [0.2, 0.25) is 0 Å². The minimum atomic E-state index is 0.775. The average molecular weight is 212 g/mol. The molecule has 0 aromatic rings. The number of nitrogens with two attached hydrogens (primary N) is 1. The summed E-state index contributed by atoms with van der Waals surface area (Å²) in [6, 6.07) is 0. The van der Waals surface area contributed by atoms with Crippen molar-refractivity contribution in [3.8, 4) is 0 Å². The van der Waals surface area contributed by atoms with Crippen LogP contribution < -0.4 is 11.1 Å². The summed E-state index contributed by atoms with van der Waals surface area (Å²) in [6.45, 7) is 7.91. The topological polar surface area (TPSA) is 38.0 Å². The standard InChI is InChI=1S/C13H28N2/c1-3-11(4-2)9-13(10-14)12-5-7-15-8-6-12/h11-13,15H,3-10,14H2,1-2H3. The van der Waals surface area contributed by atoms with Crippen LogP contribution in [0, 0.1) is 17.8 Å². The van der Waals surface area contributed by atoms with Crippen LogP contribution in [0.1, 0.15) is 46.0 Å². The van der Waals surface area contributed by atoms with Gasteiger partial charge in [-0.1, -0.05) is 26.7 Å². The Morgan fingerprint density at radius 3 is 2.27 bits per heavy atom. The van der Waals surface area contributed by atoms with E-state index in [1.165, 1.54) is 45.2 Å². The van der Waals surface area contributed by atoms with Crippen molar-refractivity contribution in [3.05, 3.63) is 0 Å². The third kappa shape index (κ3) is 4.12. The largest absolute Gasteiger partial charge is 0.330 e. The van der Waals surface area contributed by atoms with E-state index in [2.05, 4.69) is 19.2 Å². The summed E-state index contributed by atoms with van der Waals surface area (Å²) >= 11 is 0.